The van der Waals surface area contributed by atoms with Gasteiger partial charge in [0, 0.05) is 30.8 Å². The van der Waals surface area contributed by atoms with Crippen LogP contribution >= 0.6 is 0 Å². The summed E-state index contributed by atoms with van der Waals surface area (Å²) >= 11 is 0. The smallest absolute Gasteiger partial charge is 0.336 e. The number of carbonyl (C=O) groups is 1. The Bertz CT molecular complexity index is 908. The van der Waals surface area contributed by atoms with Crippen molar-refractivity contribution in [3.63, 3.8) is 0 Å². The molecule has 0 aromatic heterocycles. The Morgan fingerprint density at radius 3 is 2.43 bits per heavy atom. The zero-order chi connectivity index (χ0) is 21.8. The van der Waals surface area contributed by atoms with E-state index in [9.17, 15) is 14.3 Å². The van der Waals surface area contributed by atoms with Crippen molar-refractivity contribution in [2.75, 3.05) is 23.8 Å². The summed E-state index contributed by atoms with van der Waals surface area (Å²) < 4.78 is 29.2. The molecule has 0 saturated heterocycles. The van der Waals surface area contributed by atoms with E-state index in [1.165, 1.54) is 31.4 Å². The Hall–Kier alpha value is -2.63. The van der Waals surface area contributed by atoms with Crippen LogP contribution in [0.4, 0.5) is 20.2 Å². The Balaban J connectivity index is 2.12. The SMILES string of the molecule is CNc1cc(-c2cc(F)ccc2C(=O)O)c(F)cc1N(CC(C)C)C1CCCCC1. The Morgan fingerprint density at radius 1 is 1.13 bits per heavy atom. The summed E-state index contributed by atoms with van der Waals surface area (Å²) in [6, 6.07) is 6.74. The van der Waals surface area contributed by atoms with E-state index in [-0.39, 0.29) is 16.7 Å². The van der Waals surface area contributed by atoms with Gasteiger partial charge in [-0.05, 0) is 49.1 Å². The number of anilines is 2. The molecular formula is C24H30F2N2O2. The number of carboxylic acids is 1. The highest BCUT2D eigenvalue weighted by Crippen LogP contribution is 2.38. The number of nitrogens with zero attached hydrogens (tertiary/aromatic N) is 1. The molecule has 1 saturated carbocycles. The highest BCUT2D eigenvalue weighted by atomic mass is 19.1. The van der Waals surface area contributed by atoms with Crippen LogP contribution in [0, 0.1) is 17.6 Å². The van der Waals surface area contributed by atoms with Crippen LogP contribution in [0.25, 0.3) is 11.1 Å². The van der Waals surface area contributed by atoms with Crippen LogP contribution in [0.5, 0.6) is 0 Å². The quantitative estimate of drug-likeness (QED) is 0.567. The van der Waals surface area contributed by atoms with Gasteiger partial charge in [0.05, 0.1) is 16.9 Å². The molecule has 2 aromatic carbocycles. The normalized spacial score (nSPS) is 14.7. The molecule has 1 aliphatic rings. The lowest BCUT2D eigenvalue weighted by Gasteiger charge is -2.38. The Labute approximate surface area is 176 Å². The van der Waals surface area contributed by atoms with E-state index in [1.807, 2.05) is 0 Å². The first-order valence-electron chi connectivity index (χ1n) is 10.6. The minimum Gasteiger partial charge on any atom is -0.478 e. The molecule has 0 radical (unpaired) electrons. The molecule has 162 valence electrons. The van der Waals surface area contributed by atoms with Crippen LogP contribution in [0.1, 0.15) is 56.3 Å². The monoisotopic (exact) mass is 416 g/mol. The summed E-state index contributed by atoms with van der Waals surface area (Å²) in [5, 5.41) is 12.6. The summed E-state index contributed by atoms with van der Waals surface area (Å²) in [6.45, 7) is 5.09. The number of halogens is 2. The lowest BCUT2D eigenvalue weighted by Crippen LogP contribution is -2.39. The van der Waals surface area contributed by atoms with Crippen LogP contribution < -0.4 is 10.2 Å². The van der Waals surface area contributed by atoms with Crippen molar-refractivity contribution in [1.82, 2.24) is 0 Å². The van der Waals surface area contributed by atoms with E-state index >= 15 is 4.39 Å². The maximum absolute atomic E-state index is 15.3. The van der Waals surface area contributed by atoms with Gasteiger partial charge in [0.2, 0.25) is 0 Å². The van der Waals surface area contributed by atoms with Crippen LogP contribution in [-0.4, -0.2) is 30.7 Å². The van der Waals surface area contributed by atoms with Gasteiger partial charge >= 0.3 is 5.97 Å². The molecule has 30 heavy (non-hydrogen) atoms. The number of rotatable bonds is 7. The summed E-state index contributed by atoms with van der Waals surface area (Å²) in [4.78, 5) is 13.9. The largest absolute Gasteiger partial charge is 0.478 e. The van der Waals surface area contributed by atoms with Gasteiger partial charge in [-0.2, -0.15) is 0 Å². The van der Waals surface area contributed by atoms with E-state index in [0.29, 0.717) is 17.6 Å². The molecule has 4 nitrogen and oxygen atoms in total. The summed E-state index contributed by atoms with van der Waals surface area (Å²) in [6.07, 6.45) is 5.72. The molecular weight excluding hydrogens is 386 g/mol. The second-order valence-electron chi connectivity index (χ2n) is 8.43. The molecule has 3 rings (SSSR count). The molecule has 6 heteroatoms. The predicted molar refractivity (Wildman–Crippen MR) is 117 cm³/mol. The van der Waals surface area contributed by atoms with Crippen LogP contribution in [0.15, 0.2) is 30.3 Å². The molecule has 0 unspecified atom stereocenters. The first kappa shape index (κ1) is 22.1. The molecule has 1 fully saturated rings. The predicted octanol–water partition coefficient (Wildman–Crippen LogP) is 6.17. The van der Waals surface area contributed by atoms with Gasteiger partial charge < -0.3 is 15.3 Å². The fourth-order valence-electron chi connectivity index (χ4n) is 4.36. The zero-order valence-corrected chi connectivity index (χ0v) is 17.8. The highest BCUT2D eigenvalue weighted by Gasteiger charge is 2.26. The number of benzene rings is 2. The molecule has 1 aliphatic carbocycles. The van der Waals surface area contributed by atoms with Crippen molar-refractivity contribution in [2.24, 2.45) is 5.92 Å². The molecule has 0 aliphatic heterocycles. The third-order valence-corrected chi connectivity index (χ3v) is 5.74. The molecule has 0 spiro atoms. The Morgan fingerprint density at radius 2 is 1.83 bits per heavy atom. The molecule has 0 bridgehead atoms. The van der Waals surface area contributed by atoms with Crippen molar-refractivity contribution in [1.29, 1.82) is 0 Å². The highest BCUT2D eigenvalue weighted by molar-refractivity contribution is 5.97. The first-order chi connectivity index (χ1) is 14.3. The molecule has 2 aromatic rings. The van der Waals surface area contributed by atoms with Crippen molar-refractivity contribution < 1.29 is 18.7 Å². The average molecular weight is 417 g/mol. The fraction of sp³-hybridized carbons (Fsp3) is 0.458. The minimum absolute atomic E-state index is 0.0381. The van der Waals surface area contributed by atoms with Crippen molar-refractivity contribution >= 4 is 17.3 Å². The maximum Gasteiger partial charge on any atom is 0.336 e. The number of hydrogen-bond acceptors (Lipinski definition) is 3. The zero-order valence-electron chi connectivity index (χ0n) is 17.8. The standard InChI is InChI=1S/C24H30F2N2O2/c1-15(2)14-28(17-7-5-4-6-8-17)23-13-21(26)20(12-22(23)27-3)19-11-16(25)9-10-18(19)24(29)30/h9-13,15,17,27H,4-8,14H2,1-3H3,(H,29,30). The molecule has 0 atom stereocenters. The summed E-state index contributed by atoms with van der Waals surface area (Å²) in [7, 11) is 1.76. The van der Waals surface area contributed by atoms with Gasteiger partial charge in [-0.3, -0.25) is 0 Å². The molecule has 0 amide bonds. The molecule has 2 N–H and O–H groups in total. The van der Waals surface area contributed by atoms with Crippen LogP contribution in [0.2, 0.25) is 0 Å². The van der Waals surface area contributed by atoms with E-state index in [2.05, 4.69) is 24.1 Å². The van der Waals surface area contributed by atoms with Crippen molar-refractivity contribution in [3.05, 3.63) is 47.5 Å². The maximum atomic E-state index is 15.3. The molecule has 0 heterocycles. The van der Waals surface area contributed by atoms with Gasteiger partial charge in [0.25, 0.3) is 0 Å². The number of hydrogen-bond donors (Lipinski definition) is 2. The third kappa shape index (κ3) is 4.74. The van der Waals surface area contributed by atoms with Crippen LogP contribution in [0.3, 0.4) is 0 Å². The first-order valence-corrected chi connectivity index (χ1v) is 10.6. The van der Waals surface area contributed by atoms with Gasteiger partial charge in [0.1, 0.15) is 11.6 Å². The lowest BCUT2D eigenvalue weighted by atomic mass is 9.92. The average Bonchev–Trinajstić information content (AvgIpc) is 2.72. The number of nitrogens with one attached hydrogen (secondary N) is 1. The topological polar surface area (TPSA) is 52.6 Å². The summed E-state index contributed by atoms with van der Waals surface area (Å²) in [5.41, 5.74) is 1.46. The second-order valence-corrected chi connectivity index (χ2v) is 8.43. The number of aromatic carboxylic acids is 1. The second kappa shape index (κ2) is 9.45. The van der Waals surface area contributed by atoms with E-state index in [4.69, 9.17) is 0 Å². The van der Waals surface area contributed by atoms with Gasteiger partial charge in [-0.1, -0.05) is 33.1 Å². The van der Waals surface area contributed by atoms with Crippen LogP contribution in [-0.2, 0) is 0 Å². The van der Waals surface area contributed by atoms with E-state index < -0.39 is 17.6 Å². The van der Waals surface area contributed by atoms with Gasteiger partial charge in [0.15, 0.2) is 0 Å². The lowest BCUT2D eigenvalue weighted by molar-refractivity contribution is 0.0697. The van der Waals surface area contributed by atoms with Gasteiger partial charge in [-0.25, -0.2) is 13.6 Å². The third-order valence-electron chi connectivity index (χ3n) is 5.74. The minimum atomic E-state index is -1.22. The summed E-state index contributed by atoms with van der Waals surface area (Å²) in [5.74, 6) is -1.97. The number of carboxylic acid groups (broad SMARTS) is 1. The van der Waals surface area contributed by atoms with E-state index in [0.717, 1.165) is 37.2 Å². The van der Waals surface area contributed by atoms with Gasteiger partial charge in [-0.15, -0.1) is 0 Å². The Kier molecular flexibility index (Phi) is 6.95. The van der Waals surface area contributed by atoms with E-state index in [1.54, 1.807) is 13.1 Å². The van der Waals surface area contributed by atoms with Crippen molar-refractivity contribution in [3.8, 4) is 11.1 Å². The fourth-order valence-corrected chi connectivity index (χ4v) is 4.36. The van der Waals surface area contributed by atoms with Crippen molar-refractivity contribution in [2.45, 2.75) is 52.0 Å².